The van der Waals surface area contributed by atoms with Crippen LogP contribution < -0.4 is 5.32 Å². The first kappa shape index (κ1) is 19.2. The lowest BCUT2D eigenvalue weighted by atomic mass is 9.78. The van der Waals surface area contributed by atoms with Crippen molar-refractivity contribution in [2.75, 3.05) is 11.9 Å². The molecule has 9 heteroatoms. The van der Waals surface area contributed by atoms with Gasteiger partial charge in [0.05, 0.1) is 11.4 Å². The van der Waals surface area contributed by atoms with E-state index in [2.05, 4.69) is 15.2 Å². The van der Waals surface area contributed by atoms with Crippen molar-refractivity contribution in [2.45, 2.75) is 44.5 Å². The van der Waals surface area contributed by atoms with Crippen molar-refractivity contribution in [3.63, 3.8) is 0 Å². The molecule has 0 radical (unpaired) electrons. The third-order valence-electron chi connectivity index (χ3n) is 4.31. The van der Waals surface area contributed by atoms with Crippen LogP contribution in [0, 0.1) is 6.92 Å². The lowest BCUT2D eigenvalue weighted by Crippen LogP contribution is -2.34. The molecule has 27 heavy (non-hydrogen) atoms. The van der Waals surface area contributed by atoms with Crippen LogP contribution in [0.5, 0.6) is 0 Å². The van der Waals surface area contributed by atoms with E-state index in [4.69, 9.17) is 0 Å². The Balaban J connectivity index is 1.89. The number of hydrogen-bond acceptors (Lipinski definition) is 3. The molecule has 0 unspecified atom stereocenters. The van der Waals surface area contributed by atoms with Crippen molar-refractivity contribution in [2.24, 2.45) is 0 Å². The molecule has 146 valence electrons. The summed E-state index contributed by atoms with van der Waals surface area (Å²) in [6.45, 7) is 1.20. The maximum absolute atomic E-state index is 13.3. The van der Waals surface area contributed by atoms with E-state index in [0.29, 0.717) is 23.9 Å². The first-order valence-electron chi connectivity index (χ1n) is 8.40. The van der Waals surface area contributed by atoms with Crippen molar-refractivity contribution in [3.05, 3.63) is 41.6 Å². The van der Waals surface area contributed by atoms with Gasteiger partial charge < -0.3 is 4.74 Å². The second-order valence-electron chi connectivity index (χ2n) is 6.84. The molecule has 3 rings (SSSR count). The van der Waals surface area contributed by atoms with Crippen molar-refractivity contribution in [1.82, 2.24) is 9.78 Å². The predicted octanol–water partition coefficient (Wildman–Crippen LogP) is 4.90. The smallest absolute Gasteiger partial charge is 0.413 e. The second kappa shape index (κ2) is 6.86. The normalized spacial score (nSPS) is 16.7. The molecule has 0 atom stereocenters. The fourth-order valence-corrected chi connectivity index (χ4v) is 2.98. The minimum atomic E-state index is -3.16. The van der Waals surface area contributed by atoms with Crippen LogP contribution in [-0.2, 0) is 4.74 Å². The van der Waals surface area contributed by atoms with Gasteiger partial charge in [-0.1, -0.05) is 18.2 Å². The molecule has 2 aromatic rings. The molecule has 1 saturated carbocycles. The Labute approximate surface area is 153 Å². The SMILES string of the molecule is Cc1c(C2CC(F)(F)C2)nn(-c2ccccc2)c1NC(=O)OCC(C)(F)F. The van der Waals surface area contributed by atoms with Crippen LogP contribution in [-0.4, -0.2) is 34.3 Å². The summed E-state index contributed by atoms with van der Waals surface area (Å²) in [6, 6.07) is 8.75. The number of alkyl halides is 4. The van der Waals surface area contributed by atoms with E-state index in [0.717, 1.165) is 0 Å². The molecular weight excluding hydrogens is 366 g/mol. The zero-order valence-electron chi connectivity index (χ0n) is 14.8. The quantitative estimate of drug-likeness (QED) is 0.745. The lowest BCUT2D eigenvalue weighted by Gasteiger charge is -2.34. The highest BCUT2D eigenvalue weighted by molar-refractivity contribution is 5.85. The summed E-state index contributed by atoms with van der Waals surface area (Å²) in [4.78, 5) is 11.9. The van der Waals surface area contributed by atoms with Crippen LogP contribution in [0.4, 0.5) is 28.2 Å². The number of para-hydroxylation sites is 1. The summed E-state index contributed by atoms with van der Waals surface area (Å²) < 4.78 is 58.2. The minimum absolute atomic E-state index is 0.204. The number of benzene rings is 1. The molecule has 1 fully saturated rings. The van der Waals surface area contributed by atoms with Crippen LogP contribution in [0.2, 0.25) is 0 Å². The van der Waals surface area contributed by atoms with Crippen molar-refractivity contribution in [1.29, 1.82) is 0 Å². The fraction of sp³-hybridized carbons (Fsp3) is 0.444. The Morgan fingerprint density at radius 2 is 1.96 bits per heavy atom. The standard InChI is InChI=1S/C18H19F4N3O2/c1-11-14(12-8-18(21,22)9-12)24-25(13-6-4-3-5-7-13)15(11)23-16(26)27-10-17(2,19)20/h3-7,12H,8-10H2,1-2H3,(H,23,26). The third-order valence-corrected chi connectivity index (χ3v) is 4.31. The number of carbonyl (C=O) groups is 1. The van der Waals surface area contributed by atoms with Crippen molar-refractivity contribution < 1.29 is 27.1 Å². The Morgan fingerprint density at radius 1 is 1.33 bits per heavy atom. The summed E-state index contributed by atoms with van der Waals surface area (Å²) in [5.41, 5.74) is 1.54. The number of nitrogens with one attached hydrogen (secondary N) is 1. The molecule has 1 N–H and O–H groups in total. The number of amides is 1. The Morgan fingerprint density at radius 3 is 2.52 bits per heavy atom. The van der Waals surface area contributed by atoms with E-state index in [1.54, 1.807) is 37.3 Å². The van der Waals surface area contributed by atoms with Gasteiger partial charge in [-0.25, -0.2) is 27.0 Å². The van der Waals surface area contributed by atoms with Gasteiger partial charge in [-0.15, -0.1) is 0 Å². The lowest BCUT2D eigenvalue weighted by molar-refractivity contribution is -0.0877. The summed E-state index contributed by atoms with van der Waals surface area (Å²) in [7, 11) is 0. The van der Waals surface area contributed by atoms with Gasteiger partial charge in [-0.2, -0.15) is 5.10 Å². The maximum Gasteiger partial charge on any atom is 0.413 e. The highest BCUT2D eigenvalue weighted by Crippen LogP contribution is 2.49. The molecule has 0 saturated heterocycles. The topological polar surface area (TPSA) is 56.2 Å². The van der Waals surface area contributed by atoms with Crippen molar-refractivity contribution in [3.8, 4) is 5.69 Å². The Kier molecular flexibility index (Phi) is 4.88. The van der Waals surface area contributed by atoms with Gasteiger partial charge in [0.25, 0.3) is 5.92 Å². The highest BCUT2D eigenvalue weighted by Gasteiger charge is 2.48. The van der Waals surface area contributed by atoms with Gasteiger partial charge in [0.15, 0.2) is 6.61 Å². The first-order chi connectivity index (χ1) is 12.6. The molecule has 0 spiro atoms. The van der Waals surface area contributed by atoms with Gasteiger partial charge in [0, 0.05) is 31.2 Å². The van der Waals surface area contributed by atoms with Crippen molar-refractivity contribution >= 4 is 11.9 Å². The number of halogens is 4. The molecular formula is C18H19F4N3O2. The second-order valence-corrected chi connectivity index (χ2v) is 6.84. The van der Waals surface area contributed by atoms with Gasteiger partial charge in [0.2, 0.25) is 5.92 Å². The maximum atomic E-state index is 13.3. The van der Waals surface area contributed by atoms with Crippen LogP contribution >= 0.6 is 0 Å². The Hall–Kier alpha value is -2.58. The molecule has 5 nitrogen and oxygen atoms in total. The van der Waals surface area contributed by atoms with E-state index in [1.807, 2.05) is 0 Å². The van der Waals surface area contributed by atoms with E-state index >= 15 is 0 Å². The summed E-state index contributed by atoms with van der Waals surface area (Å²) in [5, 5.41) is 6.81. The largest absolute Gasteiger partial charge is 0.443 e. The number of aromatic nitrogens is 2. The molecule has 1 heterocycles. The monoisotopic (exact) mass is 385 g/mol. The molecule has 1 aliphatic rings. The van der Waals surface area contributed by atoms with Crippen LogP contribution in [0.15, 0.2) is 30.3 Å². The zero-order valence-corrected chi connectivity index (χ0v) is 14.8. The van der Waals surface area contributed by atoms with Gasteiger partial charge >= 0.3 is 6.09 Å². The fourth-order valence-electron chi connectivity index (χ4n) is 2.98. The minimum Gasteiger partial charge on any atom is -0.443 e. The number of ether oxygens (including phenoxy) is 1. The average molecular weight is 385 g/mol. The summed E-state index contributed by atoms with van der Waals surface area (Å²) >= 11 is 0. The number of hydrogen-bond donors (Lipinski definition) is 1. The Bertz CT molecular complexity index is 823. The van der Waals surface area contributed by atoms with Gasteiger partial charge in [-0.05, 0) is 19.1 Å². The van der Waals surface area contributed by atoms with Crippen LogP contribution in [0.3, 0.4) is 0 Å². The van der Waals surface area contributed by atoms with E-state index in [-0.39, 0.29) is 18.7 Å². The molecule has 1 aromatic carbocycles. The van der Waals surface area contributed by atoms with E-state index in [1.165, 1.54) is 4.68 Å². The molecule has 0 aliphatic heterocycles. The first-order valence-corrected chi connectivity index (χ1v) is 8.40. The molecule has 1 amide bonds. The molecule has 0 bridgehead atoms. The molecule has 1 aromatic heterocycles. The number of rotatable bonds is 5. The molecule has 1 aliphatic carbocycles. The average Bonchev–Trinajstić information content (AvgIpc) is 2.88. The van der Waals surface area contributed by atoms with Gasteiger partial charge in [0.1, 0.15) is 5.82 Å². The predicted molar refractivity (Wildman–Crippen MR) is 90.8 cm³/mol. The third kappa shape index (κ3) is 4.40. The summed E-state index contributed by atoms with van der Waals surface area (Å²) in [5.74, 6) is -6.10. The van der Waals surface area contributed by atoms with Crippen LogP contribution in [0.1, 0.15) is 36.9 Å². The van der Waals surface area contributed by atoms with Gasteiger partial charge in [-0.3, -0.25) is 5.32 Å². The zero-order chi connectivity index (χ0) is 19.8. The number of nitrogens with zero attached hydrogens (tertiary/aromatic N) is 2. The van der Waals surface area contributed by atoms with Crippen LogP contribution in [0.25, 0.3) is 5.69 Å². The number of anilines is 1. The summed E-state index contributed by atoms with van der Waals surface area (Å²) in [6.07, 6.45) is -1.70. The highest BCUT2D eigenvalue weighted by atomic mass is 19.3. The number of carbonyl (C=O) groups excluding carboxylic acids is 1. The van der Waals surface area contributed by atoms with E-state index < -0.39 is 30.5 Å². The van der Waals surface area contributed by atoms with E-state index in [9.17, 15) is 22.4 Å².